The molecule has 0 radical (unpaired) electrons. The van der Waals surface area contributed by atoms with E-state index >= 15 is 0 Å². The SMILES string of the molecule is CC.CN1CCN(C)c2ncccc21. The van der Waals surface area contributed by atoms with Gasteiger partial charge < -0.3 is 9.80 Å². The largest absolute Gasteiger partial charge is 0.370 e. The van der Waals surface area contributed by atoms with Crippen molar-refractivity contribution in [2.75, 3.05) is 37.0 Å². The lowest BCUT2D eigenvalue weighted by atomic mass is 10.2. The van der Waals surface area contributed by atoms with Gasteiger partial charge in [-0.3, -0.25) is 0 Å². The van der Waals surface area contributed by atoms with E-state index in [9.17, 15) is 0 Å². The van der Waals surface area contributed by atoms with Crippen LogP contribution < -0.4 is 9.80 Å². The van der Waals surface area contributed by atoms with Crippen molar-refractivity contribution in [3.8, 4) is 0 Å². The summed E-state index contributed by atoms with van der Waals surface area (Å²) in [6, 6.07) is 4.09. The Hall–Kier alpha value is -1.25. The molecule has 0 aliphatic carbocycles. The van der Waals surface area contributed by atoms with Gasteiger partial charge in [-0.2, -0.15) is 0 Å². The summed E-state index contributed by atoms with van der Waals surface area (Å²) in [6.07, 6.45) is 1.84. The fraction of sp³-hybridized carbons (Fsp3) is 0.545. The van der Waals surface area contributed by atoms with Crippen molar-refractivity contribution in [1.82, 2.24) is 4.98 Å². The number of hydrogen-bond acceptors (Lipinski definition) is 3. The van der Waals surface area contributed by atoms with E-state index in [-0.39, 0.29) is 0 Å². The minimum absolute atomic E-state index is 1.06. The monoisotopic (exact) mass is 193 g/mol. The molecule has 0 fully saturated rings. The van der Waals surface area contributed by atoms with Crippen LogP contribution >= 0.6 is 0 Å². The quantitative estimate of drug-likeness (QED) is 0.628. The second-order valence-corrected chi connectivity index (χ2v) is 3.19. The standard InChI is InChI=1S/C9H13N3.C2H6/c1-11-6-7-12(2)9-8(11)4-3-5-10-9;1-2/h3-5H,6-7H2,1-2H3;1-2H3. The lowest BCUT2D eigenvalue weighted by Gasteiger charge is -2.33. The van der Waals surface area contributed by atoms with Crippen molar-refractivity contribution < 1.29 is 0 Å². The molecule has 3 nitrogen and oxygen atoms in total. The predicted molar refractivity (Wildman–Crippen MR) is 62.1 cm³/mol. The van der Waals surface area contributed by atoms with Crippen molar-refractivity contribution in [1.29, 1.82) is 0 Å². The van der Waals surface area contributed by atoms with Crippen molar-refractivity contribution in [3.05, 3.63) is 18.3 Å². The van der Waals surface area contributed by atoms with Crippen LogP contribution in [0.4, 0.5) is 11.5 Å². The van der Waals surface area contributed by atoms with Crippen molar-refractivity contribution in [3.63, 3.8) is 0 Å². The van der Waals surface area contributed by atoms with E-state index in [2.05, 4.69) is 34.9 Å². The van der Waals surface area contributed by atoms with Crippen LogP contribution in [0.3, 0.4) is 0 Å². The van der Waals surface area contributed by atoms with Crippen LogP contribution in [0.25, 0.3) is 0 Å². The molecular formula is C11H19N3. The number of pyridine rings is 1. The minimum Gasteiger partial charge on any atom is -0.370 e. The van der Waals surface area contributed by atoms with E-state index in [0.29, 0.717) is 0 Å². The molecule has 1 aromatic heterocycles. The van der Waals surface area contributed by atoms with E-state index in [1.54, 1.807) is 0 Å². The third-order valence-electron chi connectivity index (χ3n) is 2.31. The van der Waals surface area contributed by atoms with Crippen LogP contribution in [0.5, 0.6) is 0 Å². The molecule has 0 unspecified atom stereocenters. The Balaban J connectivity index is 0.000000461. The van der Waals surface area contributed by atoms with Gasteiger partial charge in [-0.05, 0) is 12.1 Å². The molecule has 2 rings (SSSR count). The number of aromatic nitrogens is 1. The van der Waals surface area contributed by atoms with Gasteiger partial charge in [0.15, 0.2) is 5.82 Å². The van der Waals surface area contributed by atoms with Gasteiger partial charge in [-0.1, -0.05) is 13.8 Å². The van der Waals surface area contributed by atoms with Gasteiger partial charge in [-0.25, -0.2) is 4.98 Å². The Kier molecular flexibility index (Phi) is 3.74. The fourth-order valence-corrected chi connectivity index (χ4v) is 1.51. The van der Waals surface area contributed by atoms with E-state index in [1.165, 1.54) is 5.69 Å². The molecule has 14 heavy (non-hydrogen) atoms. The zero-order valence-electron chi connectivity index (χ0n) is 9.49. The third-order valence-corrected chi connectivity index (χ3v) is 2.31. The Labute approximate surface area is 86.4 Å². The van der Waals surface area contributed by atoms with E-state index < -0.39 is 0 Å². The topological polar surface area (TPSA) is 19.4 Å². The Morgan fingerprint density at radius 2 is 1.79 bits per heavy atom. The zero-order valence-corrected chi connectivity index (χ0v) is 9.49. The Morgan fingerprint density at radius 1 is 1.14 bits per heavy atom. The summed E-state index contributed by atoms with van der Waals surface area (Å²) in [5, 5.41) is 0. The molecule has 2 heterocycles. The first-order chi connectivity index (χ1) is 6.79. The molecule has 0 bridgehead atoms. The predicted octanol–water partition coefficient (Wildman–Crippen LogP) is 1.99. The van der Waals surface area contributed by atoms with Crippen LogP contribution in [0.2, 0.25) is 0 Å². The summed E-state index contributed by atoms with van der Waals surface area (Å²) in [5.74, 6) is 1.09. The van der Waals surface area contributed by atoms with Gasteiger partial charge >= 0.3 is 0 Å². The molecule has 0 aromatic carbocycles. The summed E-state index contributed by atoms with van der Waals surface area (Å²) in [7, 11) is 4.19. The maximum Gasteiger partial charge on any atom is 0.151 e. The number of nitrogens with zero attached hydrogens (tertiary/aromatic N) is 3. The van der Waals surface area contributed by atoms with E-state index in [4.69, 9.17) is 0 Å². The summed E-state index contributed by atoms with van der Waals surface area (Å²) in [5.41, 5.74) is 1.23. The second-order valence-electron chi connectivity index (χ2n) is 3.19. The lowest BCUT2D eigenvalue weighted by Crippen LogP contribution is -2.37. The van der Waals surface area contributed by atoms with Crippen molar-refractivity contribution in [2.45, 2.75) is 13.8 Å². The van der Waals surface area contributed by atoms with Gasteiger partial charge in [0.2, 0.25) is 0 Å². The molecule has 1 aromatic rings. The maximum atomic E-state index is 4.33. The maximum absolute atomic E-state index is 4.33. The minimum atomic E-state index is 1.06. The van der Waals surface area contributed by atoms with Crippen LogP contribution in [0.15, 0.2) is 18.3 Å². The smallest absolute Gasteiger partial charge is 0.151 e. The molecule has 0 amide bonds. The number of rotatable bonds is 0. The number of fused-ring (bicyclic) bond motifs is 1. The van der Waals surface area contributed by atoms with E-state index in [0.717, 1.165) is 18.9 Å². The molecular weight excluding hydrogens is 174 g/mol. The second kappa shape index (κ2) is 4.84. The van der Waals surface area contributed by atoms with Crippen LogP contribution in [0.1, 0.15) is 13.8 Å². The van der Waals surface area contributed by atoms with Gasteiger partial charge in [0.1, 0.15) is 0 Å². The van der Waals surface area contributed by atoms with Gasteiger partial charge in [0.25, 0.3) is 0 Å². The van der Waals surface area contributed by atoms with Crippen molar-refractivity contribution in [2.24, 2.45) is 0 Å². The average molecular weight is 193 g/mol. The van der Waals surface area contributed by atoms with Crippen LogP contribution in [0, 0.1) is 0 Å². The Morgan fingerprint density at radius 3 is 2.43 bits per heavy atom. The first kappa shape index (κ1) is 10.8. The van der Waals surface area contributed by atoms with Gasteiger partial charge in [-0.15, -0.1) is 0 Å². The summed E-state index contributed by atoms with van der Waals surface area (Å²) >= 11 is 0. The molecule has 0 spiro atoms. The molecule has 0 saturated heterocycles. The summed E-state index contributed by atoms with van der Waals surface area (Å²) < 4.78 is 0. The summed E-state index contributed by atoms with van der Waals surface area (Å²) in [6.45, 7) is 6.13. The molecule has 0 atom stereocenters. The first-order valence-electron chi connectivity index (χ1n) is 5.16. The van der Waals surface area contributed by atoms with Crippen LogP contribution in [-0.4, -0.2) is 32.2 Å². The highest BCUT2D eigenvalue weighted by atomic mass is 15.3. The third kappa shape index (κ3) is 1.97. The van der Waals surface area contributed by atoms with Crippen LogP contribution in [-0.2, 0) is 0 Å². The summed E-state index contributed by atoms with van der Waals surface area (Å²) in [4.78, 5) is 8.76. The highest BCUT2D eigenvalue weighted by Gasteiger charge is 2.17. The highest BCUT2D eigenvalue weighted by Crippen LogP contribution is 2.27. The first-order valence-corrected chi connectivity index (χ1v) is 5.16. The lowest BCUT2D eigenvalue weighted by molar-refractivity contribution is 0.783. The molecule has 1 aliphatic heterocycles. The van der Waals surface area contributed by atoms with Crippen molar-refractivity contribution >= 4 is 11.5 Å². The van der Waals surface area contributed by atoms with Gasteiger partial charge in [0.05, 0.1) is 5.69 Å². The molecule has 78 valence electrons. The normalized spacial score (nSPS) is 14.3. The molecule has 1 aliphatic rings. The number of anilines is 2. The average Bonchev–Trinajstić information content (AvgIpc) is 2.27. The molecule has 0 saturated carbocycles. The molecule has 0 N–H and O–H groups in total. The molecule has 3 heteroatoms. The van der Waals surface area contributed by atoms with E-state index in [1.807, 2.05) is 26.1 Å². The highest BCUT2D eigenvalue weighted by molar-refractivity contribution is 5.68. The Bertz CT molecular complexity index is 257. The van der Waals surface area contributed by atoms with Gasteiger partial charge in [0, 0.05) is 33.4 Å². The number of likely N-dealkylation sites (N-methyl/N-ethyl adjacent to an activating group) is 2. The zero-order chi connectivity index (χ0) is 10.6. The number of hydrogen-bond donors (Lipinski definition) is 0. The fourth-order valence-electron chi connectivity index (χ4n) is 1.51.